The molecule has 0 saturated carbocycles. The van der Waals surface area contributed by atoms with Crippen LogP contribution in [0.1, 0.15) is 50.5 Å². The van der Waals surface area contributed by atoms with Gasteiger partial charge in [-0.2, -0.15) is 4.98 Å². The molecule has 1 saturated heterocycles. The number of piperazine rings is 1. The van der Waals surface area contributed by atoms with E-state index in [9.17, 15) is 4.79 Å². The normalized spacial score (nSPS) is 17.5. The number of amides is 1. The fraction of sp³-hybridized carbons (Fsp3) is 0.526. The van der Waals surface area contributed by atoms with Crippen LogP contribution in [0.2, 0.25) is 5.02 Å². The van der Waals surface area contributed by atoms with Gasteiger partial charge in [-0.05, 0) is 11.6 Å². The molecule has 1 aliphatic heterocycles. The van der Waals surface area contributed by atoms with E-state index in [-0.39, 0.29) is 29.8 Å². The summed E-state index contributed by atoms with van der Waals surface area (Å²) in [7, 11) is 0. The lowest BCUT2D eigenvalue weighted by molar-refractivity contribution is -0.134. The van der Waals surface area contributed by atoms with E-state index in [1.54, 1.807) is 0 Å². The zero-order valence-corrected chi connectivity index (χ0v) is 17.4. The zero-order chi connectivity index (χ0) is 18.7. The van der Waals surface area contributed by atoms with Gasteiger partial charge in [-0.15, -0.1) is 12.4 Å². The SMILES string of the molecule is CC(C)(C)c1noc(CCC(=O)N2CCNCC2c2ccccc2Cl)n1.Cl. The Bertz CT molecular complexity index is 773. The fourth-order valence-corrected chi connectivity index (χ4v) is 3.31. The molecule has 1 N–H and O–H groups in total. The molecular weight excluding hydrogens is 387 g/mol. The van der Waals surface area contributed by atoms with Crippen LogP contribution in [-0.2, 0) is 16.6 Å². The highest BCUT2D eigenvalue weighted by Gasteiger charge is 2.29. The van der Waals surface area contributed by atoms with Crippen molar-refractivity contribution < 1.29 is 9.32 Å². The number of aromatic nitrogens is 2. The maximum Gasteiger partial charge on any atom is 0.227 e. The number of hydrogen-bond acceptors (Lipinski definition) is 5. The number of hydrogen-bond donors (Lipinski definition) is 1. The van der Waals surface area contributed by atoms with E-state index >= 15 is 0 Å². The van der Waals surface area contributed by atoms with Crippen molar-refractivity contribution in [2.75, 3.05) is 19.6 Å². The summed E-state index contributed by atoms with van der Waals surface area (Å²) in [6.45, 7) is 8.22. The molecule has 0 radical (unpaired) electrons. The lowest BCUT2D eigenvalue weighted by atomic mass is 9.96. The van der Waals surface area contributed by atoms with Crippen molar-refractivity contribution in [3.05, 3.63) is 46.6 Å². The minimum absolute atomic E-state index is 0. The van der Waals surface area contributed by atoms with E-state index in [2.05, 4.69) is 15.5 Å². The van der Waals surface area contributed by atoms with Crippen LogP contribution in [0.25, 0.3) is 0 Å². The van der Waals surface area contributed by atoms with Gasteiger partial charge in [-0.1, -0.05) is 55.7 Å². The Balaban J connectivity index is 0.00000261. The number of carbonyl (C=O) groups is 1. The fourth-order valence-electron chi connectivity index (χ4n) is 3.04. The van der Waals surface area contributed by atoms with E-state index in [0.717, 1.165) is 12.1 Å². The van der Waals surface area contributed by atoms with Gasteiger partial charge in [0.05, 0.1) is 6.04 Å². The highest BCUT2D eigenvalue weighted by Crippen LogP contribution is 2.29. The Kier molecular flexibility index (Phi) is 7.25. The summed E-state index contributed by atoms with van der Waals surface area (Å²) in [6, 6.07) is 7.63. The first kappa shape index (κ1) is 21.7. The first-order chi connectivity index (χ1) is 12.4. The van der Waals surface area contributed by atoms with E-state index in [1.165, 1.54) is 0 Å². The topological polar surface area (TPSA) is 71.3 Å². The molecule has 0 spiro atoms. The molecule has 27 heavy (non-hydrogen) atoms. The summed E-state index contributed by atoms with van der Waals surface area (Å²) in [5.41, 5.74) is 0.807. The van der Waals surface area contributed by atoms with Crippen molar-refractivity contribution in [2.24, 2.45) is 0 Å². The van der Waals surface area contributed by atoms with E-state index in [4.69, 9.17) is 16.1 Å². The molecule has 6 nitrogen and oxygen atoms in total. The Hall–Kier alpha value is -1.63. The minimum Gasteiger partial charge on any atom is -0.339 e. The molecule has 1 aliphatic rings. The van der Waals surface area contributed by atoms with Crippen LogP contribution in [-0.4, -0.2) is 40.6 Å². The first-order valence-electron chi connectivity index (χ1n) is 8.94. The second kappa shape index (κ2) is 9.04. The van der Waals surface area contributed by atoms with Crippen molar-refractivity contribution in [1.82, 2.24) is 20.4 Å². The van der Waals surface area contributed by atoms with Crippen LogP contribution in [0.4, 0.5) is 0 Å². The van der Waals surface area contributed by atoms with Crippen LogP contribution in [0, 0.1) is 0 Å². The van der Waals surface area contributed by atoms with Gasteiger partial charge in [0, 0.05) is 42.9 Å². The predicted octanol–water partition coefficient (Wildman–Crippen LogP) is 3.55. The second-order valence-corrected chi connectivity index (χ2v) is 8.00. The molecule has 1 aromatic heterocycles. The van der Waals surface area contributed by atoms with Crippen LogP contribution >= 0.6 is 24.0 Å². The summed E-state index contributed by atoms with van der Waals surface area (Å²) in [6.07, 6.45) is 0.786. The first-order valence-corrected chi connectivity index (χ1v) is 9.32. The number of benzene rings is 1. The summed E-state index contributed by atoms with van der Waals surface area (Å²) in [4.78, 5) is 19.1. The molecule has 2 heterocycles. The molecular formula is C19H26Cl2N4O2. The van der Waals surface area contributed by atoms with Crippen LogP contribution < -0.4 is 5.32 Å². The van der Waals surface area contributed by atoms with Gasteiger partial charge < -0.3 is 14.7 Å². The van der Waals surface area contributed by atoms with Gasteiger partial charge in [-0.25, -0.2) is 0 Å². The molecule has 0 aliphatic carbocycles. The number of rotatable bonds is 4. The summed E-state index contributed by atoms with van der Waals surface area (Å²) < 4.78 is 5.29. The van der Waals surface area contributed by atoms with Crippen LogP contribution in [0.3, 0.4) is 0 Å². The molecule has 3 rings (SSSR count). The molecule has 1 atom stereocenters. The second-order valence-electron chi connectivity index (χ2n) is 7.59. The average molecular weight is 413 g/mol. The van der Waals surface area contributed by atoms with Gasteiger partial charge in [0.25, 0.3) is 0 Å². The maximum atomic E-state index is 12.8. The van der Waals surface area contributed by atoms with E-state index < -0.39 is 0 Å². The molecule has 1 aromatic carbocycles. The molecule has 8 heteroatoms. The van der Waals surface area contributed by atoms with Gasteiger partial charge in [0.2, 0.25) is 11.8 Å². The number of nitrogens with one attached hydrogen (secondary N) is 1. The minimum atomic E-state index is -0.167. The van der Waals surface area contributed by atoms with Crippen molar-refractivity contribution in [3.8, 4) is 0 Å². The maximum absolute atomic E-state index is 12.8. The van der Waals surface area contributed by atoms with Crippen molar-refractivity contribution in [1.29, 1.82) is 0 Å². The number of carbonyl (C=O) groups excluding carboxylic acids is 1. The molecule has 1 fully saturated rings. The molecule has 2 aromatic rings. The third-order valence-corrected chi connectivity index (χ3v) is 4.86. The predicted molar refractivity (Wildman–Crippen MR) is 107 cm³/mol. The molecule has 0 bridgehead atoms. The number of halogens is 2. The van der Waals surface area contributed by atoms with Gasteiger partial charge >= 0.3 is 0 Å². The Labute approximate surface area is 171 Å². The smallest absolute Gasteiger partial charge is 0.227 e. The van der Waals surface area contributed by atoms with Gasteiger partial charge in [-0.3, -0.25) is 4.79 Å². The van der Waals surface area contributed by atoms with Gasteiger partial charge in [0.1, 0.15) is 0 Å². The largest absolute Gasteiger partial charge is 0.339 e. The van der Waals surface area contributed by atoms with Crippen molar-refractivity contribution >= 4 is 29.9 Å². The highest BCUT2D eigenvalue weighted by molar-refractivity contribution is 6.31. The number of aryl methyl sites for hydroxylation is 1. The quantitative estimate of drug-likeness (QED) is 0.830. The van der Waals surface area contributed by atoms with Crippen LogP contribution in [0.5, 0.6) is 0 Å². The molecule has 1 unspecified atom stereocenters. The van der Waals surface area contributed by atoms with E-state index in [1.807, 2.05) is 49.9 Å². The summed E-state index contributed by atoms with van der Waals surface area (Å²) in [5, 5.41) is 8.05. The summed E-state index contributed by atoms with van der Waals surface area (Å²) >= 11 is 6.35. The van der Waals surface area contributed by atoms with E-state index in [0.29, 0.717) is 42.7 Å². The Morgan fingerprint density at radius 3 is 2.78 bits per heavy atom. The highest BCUT2D eigenvalue weighted by atomic mass is 35.5. The average Bonchev–Trinajstić information content (AvgIpc) is 3.10. The third kappa shape index (κ3) is 5.21. The third-order valence-electron chi connectivity index (χ3n) is 4.52. The van der Waals surface area contributed by atoms with Crippen molar-refractivity contribution in [2.45, 2.75) is 45.1 Å². The molecule has 148 valence electrons. The van der Waals surface area contributed by atoms with Crippen LogP contribution in [0.15, 0.2) is 28.8 Å². The summed E-state index contributed by atoms with van der Waals surface area (Å²) in [5.74, 6) is 1.25. The number of nitrogens with zero attached hydrogens (tertiary/aromatic N) is 3. The Morgan fingerprint density at radius 1 is 1.37 bits per heavy atom. The molecule has 1 amide bonds. The standard InChI is InChI=1S/C19H25ClN4O2.ClH/c1-19(2,3)18-22-16(26-23-18)8-9-17(25)24-11-10-21-12-15(24)13-6-4-5-7-14(13)20;/h4-7,15,21H,8-12H2,1-3H3;1H. The lowest BCUT2D eigenvalue weighted by Crippen LogP contribution is -2.48. The lowest BCUT2D eigenvalue weighted by Gasteiger charge is -2.37. The van der Waals surface area contributed by atoms with Gasteiger partial charge in [0.15, 0.2) is 5.82 Å². The monoisotopic (exact) mass is 412 g/mol. The van der Waals surface area contributed by atoms with Crippen molar-refractivity contribution in [3.63, 3.8) is 0 Å². The Morgan fingerprint density at radius 2 is 2.11 bits per heavy atom. The zero-order valence-electron chi connectivity index (χ0n) is 15.9.